The Morgan fingerprint density at radius 1 is 0.793 bits per heavy atom. The van der Waals surface area contributed by atoms with E-state index in [0.717, 1.165) is 5.56 Å². The quantitative estimate of drug-likeness (QED) is 0.421. The van der Waals surface area contributed by atoms with Crippen LogP contribution in [0.5, 0.6) is 11.5 Å². The molecule has 5 nitrogen and oxygen atoms in total. The van der Waals surface area contributed by atoms with Crippen LogP contribution in [0, 0.1) is 0 Å². The molecule has 0 saturated carbocycles. The van der Waals surface area contributed by atoms with E-state index in [2.05, 4.69) is 0 Å². The number of ether oxygens (including phenoxy) is 3. The van der Waals surface area contributed by atoms with Crippen molar-refractivity contribution in [3.63, 3.8) is 0 Å². The first-order valence-electron chi connectivity index (χ1n) is 9.16. The number of rotatable bonds is 8. The molecule has 0 saturated heterocycles. The van der Waals surface area contributed by atoms with Crippen LogP contribution in [0.1, 0.15) is 27.6 Å². The third-order valence-electron chi connectivity index (χ3n) is 4.41. The second-order valence-electron chi connectivity index (χ2n) is 6.41. The Hall–Kier alpha value is -3.60. The maximum Gasteiger partial charge on any atom is 0.311 e. The number of esters is 1. The summed E-state index contributed by atoms with van der Waals surface area (Å²) in [5.41, 5.74) is 1.75. The van der Waals surface area contributed by atoms with Gasteiger partial charge in [0.15, 0.2) is 6.10 Å². The molecule has 0 radical (unpaired) electrons. The number of methoxy groups -OCH3 is 2. The van der Waals surface area contributed by atoms with E-state index in [1.165, 1.54) is 14.2 Å². The minimum absolute atomic E-state index is 0.0700. The summed E-state index contributed by atoms with van der Waals surface area (Å²) in [5, 5.41) is 0. The maximum atomic E-state index is 13.2. The summed E-state index contributed by atoms with van der Waals surface area (Å²) in [4.78, 5) is 25.8. The molecule has 3 aromatic rings. The Morgan fingerprint density at radius 2 is 1.34 bits per heavy atom. The Balaban J connectivity index is 1.93. The van der Waals surface area contributed by atoms with E-state index in [4.69, 9.17) is 14.2 Å². The van der Waals surface area contributed by atoms with Crippen LogP contribution in [0.2, 0.25) is 0 Å². The molecular weight excluding hydrogens is 368 g/mol. The van der Waals surface area contributed by atoms with E-state index >= 15 is 0 Å². The fourth-order valence-electron chi connectivity index (χ4n) is 2.94. The number of carbonyl (C=O) groups is 2. The zero-order chi connectivity index (χ0) is 20.6. The molecule has 0 amide bonds. The zero-order valence-electron chi connectivity index (χ0n) is 16.3. The minimum atomic E-state index is -1.11. The fraction of sp³-hybridized carbons (Fsp3) is 0.167. The maximum absolute atomic E-state index is 13.2. The van der Waals surface area contributed by atoms with Gasteiger partial charge in [-0.15, -0.1) is 0 Å². The molecule has 148 valence electrons. The Bertz CT molecular complexity index is 945. The molecule has 0 heterocycles. The van der Waals surface area contributed by atoms with Gasteiger partial charge in [0.1, 0.15) is 11.5 Å². The van der Waals surface area contributed by atoms with Crippen LogP contribution in [0.25, 0.3) is 0 Å². The predicted octanol–water partition coefficient (Wildman–Crippen LogP) is 4.41. The van der Waals surface area contributed by atoms with Gasteiger partial charge in [-0.3, -0.25) is 9.59 Å². The first-order valence-corrected chi connectivity index (χ1v) is 9.16. The molecule has 0 aliphatic carbocycles. The standard InChI is InChI=1S/C24H22O5/c1-27-20-14-19(15-21(16-20)28-2)24(23(26)18-11-7-4-8-12-18)29-22(25)13-17-9-5-3-6-10-17/h3-12,14-16,24H,13H2,1-2H3. The summed E-state index contributed by atoms with van der Waals surface area (Å²) >= 11 is 0. The van der Waals surface area contributed by atoms with Crippen molar-refractivity contribution in [3.05, 3.63) is 95.6 Å². The first-order chi connectivity index (χ1) is 14.1. The predicted molar refractivity (Wildman–Crippen MR) is 109 cm³/mol. The van der Waals surface area contributed by atoms with Crippen LogP contribution in [0.4, 0.5) is 0 Å². The third-order valence-corrected chi connectivity index (χ3v) is 4.41. The molecule has 29 heavy (non-hydrogen) atoms. The average Bonchev–Trinajstić information content (AvgIpc) is 2.77. The summed E-state index contributed by atoms with van der Waals surface area (Å²) < 4.78 is 16.3. The Kier molecular flexibility index (Phi) is 6.63. The molecule has 1 atom stereocenters. The second-order valence-corrected chi connectivity index (χ2v) is 6.41. The zero-order valence-corrected chi connectivity index (χ0v) is 16.3. The highest BCUT2D eigenvalue weighted by Crippen LogP contribution is 2.30. The van der Waals surface area contributed by atoms with Crippen molar-refractivity contribution < 1.29 is 23.8 Å². The van der Waals surface area contributed by atoms with Crippen LogP contribution < -0.4 is 9.47 Å². The molecule has 0 spiro atoms. The molecule has 0 aliphatic heterocycles. The van der Waals surface area contributed by atoms with Crippen molar-refractivity contribution in [2.75, 3.05) is 14.2 Å². The highest BCUT2D eigenvalue weighted by atomic mass is 16.5. The van der Waals surface area contributed by atoms with Gasteiger partial charge in [0, 0.05) is 17.2 Å². The van der Waals surface area contributed by atoms with Gasteiger partial charge < -0.3 is 14.2 Å². The summed E-state index contributed by atoms with van der Waals surface area (Å²) in [5.74, 6) is 0.197. The fourth-order valence-corrected chi connectivity index (χ4v) is 2.94. The second kappa shape index (κ2) is 9.55. The summed E-state index contributed by atoms with van der Waals surface area (Å²) in [6.07, 6.45) is -1.04. The monoisotopic (exact) mass is 390 g/mol. The molecule has 0 aromatic heterocycles. The van der Waals surface area contributed by atoms with E-state index in [0.29, 0.717) is 22.6 Å². The highest BCUT2D eigenvalue weighted by Gasteiger charge is 2.27. The van der Waals surface area contributed by atoms with Crippen LogP contribution in [0.3, 0.4) is 0 Å². The Labute approximate surface area is 169 Å². The van der Waals surface area contributed by atoms with Gasteiger partial charge in [0.25, 0.3) is 0 Å². The van der Waals surface area contributed by atoms with Crippen LogP contribution >= 0.6 is 0 Å². The first kappa shape index (κ1) is 20.1. The lowest BCUT2D eigenvalue weighted by Crippen LogP contribution is -2.21. The van der Waals surface area contributed by atoms with Crippen molar-refractivity contribution in [2.45, 2.75) is 12.5 Å². The van der Waals surface area contributed by atoms with E-state index in [9.17, 15) is 9.59 Å². The largest absolute Gasteiger partial charge is 0.497 e. The molecule has 1 unspecified atom stereocenters. The number of Topliss-reactive ketones (excluding diaryl/α,β-unsaturated/α-hetero) is 1. The van der Waals surface area contributed by atoms with Crippen molar-refractivity contribution in [1.82, 2.24) is 0 Å². The van der Waals surface area contributed by atoms with Gasteiger partial charge >= 0.3 is 5.97 Å². The Morgan fingerprint density at radius 3 is 1.90 bits per heavy atom. The van der Waals surface area contributed by atoms with Crippen LogP contribution in [0.15, 0.2) is 78.9 Å². The molecule has 0 bridgehead atoms. The summed E-state index contributed by atoms with van der Waals surface area (Å²) in [6, 6.07) is 23.0. The number of carbonyl (C=O) groups excluding carboxylic acids is 2. The van der Waals surface area contributed by atoms with E-state index in [1.807, 2.05) is 36.4 Å². The van der Waals surface area contributed by atoms with Crippen molar-refractivity contribution in [3.8, 4) is 11.5 Å². The van der Waals surface area contributed by atoms with Gasteiger partial charge in [-0.2, -0.15) is 0 Å². The lowest BCUT2D eigenvalue weighted by molar-refractivity contribution is -0.146. The van der Waals surface area contributed by atoms with Gasteiger partial charge in [-0.1, -0.05) is 60.7 Å². The van der Waals surface area contributed by atoms with Crippen LogP contribution in [-0.4, -0.2) is 26.0 Å². The molecule has 0 N–H and O–H groups in total. The summed E-state index contributed by atoms with van der Waals surface area (Å²) in [6.45, 7) is 0. The molecule has 3 aromatic carbocycles. The molecule has 0 aliphatic rings. The topological polar surface area (TPSA) is 61.8 Å². The van der Waals surface area contributed by atoms with Gasteiger partial charge in [-0.05, 0) is 17.7 Å². The SMILES string of the molecule is COc1cc(OC)cc(C(OC(=O)Cc2ccccc2)C(=O)c2ccccc2)c1. The molecular formula is C24H22O5. The minimum Gasteiger partial charge on any atom is -0.497 e. The van der Waals surface area contributed by atoms with E-state index in [1.54, 1.807) is 42.5 Å². The lowest BCUT2D eigenvalue weighted by Gasteiger charge is -2.19. The smallest absolute Gasteiger partial charge is 0.311 e. The van der Waals surface area contributed by atoms with Crippen molar-refractivity contribution in [2.24, 2.45) is 0 Å². The van der Waals surface area contributed by atoms with Gasteiger partial charge in [0.05, 0.1) is 20.6 Å². The van der Waals surface area contributed by atoms with Gasteiger partial charge in [0.2, 0.25) is 5.78 Å². The van der Waals surface area contributed by atoms with Gasteiger partial charge in [-0.25, -0.2) is 0 Å². The van der Waals surface area contributed by atoms with Crippen molar-refractivity contribution in [1.29, 1.82) is 0 Å². The van der Waals surface area contributed by atoms with E-state index < -0.39 is 12.1 Å². The third kappa shape index (κ3) is 5.23. The molecule has 3 rings (SSSR count). The average molecular weight is 390 g/mol. The lowest BCUT2D eigenvalue weighted by atomic mass is 9.99. The highest BCUT2D eigenvalue weighted by molar-refractivity contribution is 6.01. The number of ketones is 1. The van der Waals surface area contributed by atoms with E-state index in [-0.39, 0.29) is 12.2 Å². The van der Waals surface area contributed by atoms with Crippen LogP contribution in [-0.2, 0) is 16.0 Å². The van der Waals surface area contributed by atoms with Crippen molar-refractivity contribution >= 4 is 11.8 Å². The molecule has 0 fully saturated rings. The number of hydrogen-bond donors (Lipinski definition) is 0. The number of hydrogen-bond acceptors (Lipinski definition) is 5. The number of benzene rings is 3. The molecule has 5 heteroatoms. The normalized spacial score (nSPS) is 11.4. The summed E-state index contributed by atoms with van der Waals surface area (Å²) in [7, 11) is 3.04.